The second-order valence-electron chi connectivity index (χ2n) is 4.54. The third-order valence-corrected chi connectivity index (χ3v) is 3.33. The Morgan fingerprint density at radius 2 is 2.32 bits per heavy atom. The van der Waals surface area contributed by atoms with Crippen molar-refractivity contribution in [3.8, 4) is 0 Å². The summed E-state index contributed by atoms with van der Waals surface area (Å²) >= 11 is 0. The van der Waals surface area contributed by atoms with E-state index in [1.807, 2.05) is 0 Å². The summed E-state index contributed by atoms with van der Waals surface area (Å²) < 4.78 is 31.8. The molecular formula is C14H15N3O2. The molecule has 2 amide bonds. The summed E-state index contributed by atoms with van der Waals surface area (Å²) in [6.07, 6.45) is 0.456. The van der Waals surface area contributed by atoms with Crippen LogP contribution < -0.4 is 11.1 Å². The highest BCUT2D eigenvalue weighted by atomic mass is 16.2. The molecule has 0 radical (unpaired) electrons. The summed E-state index contributed by atoms with van der Waals surface area (Å²) in [6.45, 7) is 3.52. The number of anilines is 1. The SMILES string of the molecule is [2H]c1c([2H])c(N)c2c(c1[2H])C(=O)N([C@]1([2H])CCC(=C)NC1=O)C2. The maximum absolute atomic E-state index is 12.6. The van der Waals surface area contributed by atoms with E-state index in [4.69, 9.17) is 11.2 Å². The number of fused-ring (bicyclic) bond motifs is 1. The molecule has 1 aromatic rings. The molecule has 1 atom stereocenters. The largest absolute Gasteiger partial charge is 0.398 e. The highest BCUT2D eigenvalue weighted by molar-refractivity contribution is 6.02. The molecule has 0 aliphatic carbocycles. The molecule has 0 spiro atoms. The molecule has 1 saturated heterocycles. The first-order chi connectivity index (χ1) is 10.7. The number of allylic oxidation sites excluding steroid dienone is 1. The molecule has 3 N–H and O–H groups in total. The van der Waals surface area contributed by atoms with E-state index < -0.39 is 29.9 Å². The molecule has 3 rings (SSSR count). The standard InChI is InChI=1S/C14H15N3O2/c1-8-5-6-12(13(18)16-8)17-7-10-9(14(17)19)3-2-4-11(10)15/h2-4,12H,1,5-7,15H2,(H,16,18)/t12-/m1/s1/i2D,3D,4D,12D. The monoisotopic (exact) mass is 261 g/mol. The Hall–Kier alpha value is -2.30. The zero-order valence-electron chi connectivity index (χ0n) is 14.2. The van der Waals surface area contributed by atoms with Crippen LogP contribution in [0.15, 0.2) is 30.4 Å². The highest BCUT2D eigenvalue weighted by Crippen LogP contribution is 2.31. The van der Waals surface area contributed by atoms with Crippen molar-refractivity contribution in [1.82, 2.24) is 10.2 Å². The van der Waals surface area contributed by atoms with Gasteiger partial charge in [0, 0.05) is 29.1 Å². The van der Waals surface area contributed by atoms with Gasteiger partial charge < -0.3 is 16.0 Å². The summed E-state index contributed by atoms with van der Waals surface area (Å²) in [5.41, 5.74) is 6.40. The van der Waals surface area contributed by atoms with E-state index >= 15 is 0 Å². The fourth-order valence-corrected chi connectivity index (χ4v) is 2.31. The Labute approximate surface area is 116 Å². The van der Waals surface area contributed by atoms with Crippen LogP contribution in [0.5, 0.6) is 0 Å². The summed E-state index contributed by atoms with van der Waals surface area (Å²) in [6, 6.07) is -2.96. The number of hydrogen-bond acceptors (Lipinski definition) is 3. The van der Waals surface area contributed by atoms with Crippen molar-refractivity contribution in [1.29, 1.82) is 0 Å². The molecule has 0 bridgehead atoms. The Kier molecular flexibility index (Phi) is 1.73. The number of hydrogen-bond donors (Lipinski definition) is 2. The van der Waals surface area contributed by atoms with Crippen molar-refractivity contribution in [3.63, 3.8) is 0 Å². The molecule has 5 heteroatoms. The van der Waals surface area contributed by atoms with Crippen LogP contribution >= 0.6 is 0 Å². The van der Waals surface area contributed by atoms with Gasteiger partial charge in [0.2, 0.25) is 5.91 Å². The molecule has 5 nitrogen and oxygen atoms in total. The van der Waals surface area contributed by atoms with Crippen LogP contribution in [0.25, 0.3) is 0 Å². The molecule has 0 unspecified atom stereocenters. The minimum atomic E-state index is -1.82. The first kappa shape index (κ1) is 7.99. The fourth-order valence-electron chi connectivity index (χ4n) is 2.31. The van der Waals surface area contributed by atoms with Gasteiger partial charge in [-0.2, -0.15) is 0 Å². The molecule has 2 aliphatic heterocycles. The summed E-state index contributed by atoms with van der Waals surface area (Å²) in [5, 5.41) is 2.48. The van der Waals surface area contributed by atoms with Crippen molar-refractivity contribution < 1.29 is 15.1 Å². The van der Waals surface area contributed by atoms with Gasteiger partial charge in [-0.3, -0.25) is 9.59 Å². The second-order valence-corrected chi connectivity index (χ2v) is 4.54. The molecule has 0 saturated carbocycles. The number of carbonyl (C=O) groups is 2. The van der Waals surface area contributed by atoms with E-state index in [9.17, 15) is 9.59 Å². The Morgan fingerprint density at radius 1 is 1.53 bits per heavy atom. The van der Waals surface area contributed by atoms with Crippen LogP contribution in [0.4, 0.5) is 5.69 Å². The van der Waals surface area contributed by atoms with Crippen molar-refractivity contribution in [2.24, 2.45) is 0 Å². The van der Waals surface area contributed by atoms with Gasteiger partial charge in [-0.1, -0.05) is 12.6 Å². The summed E-state index contributed by atoms with van der Waals surface area (Å²) in [7, 11) is 0. The van der Waals surface area contributed by atoms with Crippen LogP contribution in [0.1, 0.15) is 34.2 Å². The maximum atomic E-state index is 12.6. The lowest BCUT2D eigenvalue weighted by Crippen LogP contribution is -2.49. The summed E-state index contributed by atoms with van der Waals surface area (Å²) in [4.78, 5) is 25.9. The van der Waals surface area contributed by atoms with Gasteiger partial charge in [-0.25, -0.2) is 0 Å². The van der Waals surface area contributed by atoms with Gasteiger partial charge in [-0.15, -0.1) is 0 Å². The number of nitrogens with one attached hydrogen (secondary N) is 1. The first-order valence-corrected chi connectivity index (χ1v) is 5.87. The molecule has 1 fully saturated rings. The maximum Gasteiger partial charge on any atom is 0.255 e. The van der Waals surface area contributed by atoms with E-state index in [1.54, 1.807) is 0 Å². The van der Waals surface area contributed by atoms with Gasteiger partial charge in [0.15, 0.2) is 0 Å². The van der Waals surface area contributed by atoms with Gasteiger partial charge in [0.25, 0.3) is 5.91 Å². The van der Waals surface area contributed by atoms with Gasteiger partial charge in [0.05, 0.1) is 5.48 Å². The van der Waals surface area contributed by atoms with Crippen molar-refractivity contribution in [2.45, 2.75) is 25.4 Å². The lowest BCUT2D eigenvalue weighted by Gasteiger charge is -2.30. The average Bonchev–Trinajstić information content (AvgIpc) is 2.85. The van der Waals surface area contributed by atoms with Gasteiger partial charge >= 0.3 is 0 Å². The van der Waals surface area contributed by atoms with Crippen LogP contribution in [0.2, 0.25) is 0 Å². The number of nitrogen functional groups attached to an aromatic ring is 1. The molecule has 2 aliphatic rings. The molecule has 1 aromatic carbocycles. The van der Waals surface area contributed by atoms with E-state index in [-0.39, 0.29) is 35.8 Å². The number of nitrogens with zero attached hydrogens (tertiary/aromatic N) is 1. The Bertz CT molecular complexity index is 780. The zero-order valence-corrected chi connectivity index (χ0v) is 10.2. The van der Waals surface area contributed by atoms with Crippen molar-refractivity contribution in [3.05, 3.63) is 41.5 Å². The van der Waals surface area contributed by atoms with E-state index in [0.717, 1.165) is 4.90 Å². The molecule has 19 heavy (non-hydrogen) atoms. The quantitative estimate of drug-likeness (QED) is 0.741. The average molecular weight is 261 g/mol. The van der Waals surface area contributed by atoms with Gasteiger partial charge in [0.1, 0.15) is 6.02 Å². The lowest BCUT2D eigenvalue weighted by atomic mass is 10.0. The third kappa shape index (κ3) is 1.78. The topological polar surface area (TPSA) is 75.4 Å². The predicted octanol–water partition coefficient (Wildman–Crippen LogP) is 1.02. The van der Waals surface area contributed by atoms with E-state index in [2.05, 4.69) is 11.9 Å². The summed E-state index contributed by atoms with van der Waals surface area (Å²) in [5.74, 6) is -1.33. The number of carbonyl (C=O) groups excluding carboxylic acids is 2. The Balaban J connectivity index is 2.08. The van der Waals surface area contributed by atoms with Crippen molar-refractivity contribution >= 4 is 17.5 Å². The molecule has 0 aromatic heterocycles. The van der Waals surface area contributed by atoms with Crippen LogP contribution in [0.3, 0.4) is 0 Å². The molecule has 2 heterocycles. The van der Waals surface area contributed by atoms with Gasteiger partial charge in [-0.05, 0) is 24.9 Å². The van der Waals surface area contributed by atoms with Crippen molar-refractivity contribution in [2.75, 3.05) is 5.73 Å². The van der Waals surface area contributed by atoms with Crippen LogP contribution in [-0.2, 0) is 11.3 Å². The highest BCUT2D eigenvalue weighted by Gasteiger charge is 2.38. The lowest BCUT2D eigenvalue weighted by molar-refractivity contribution is -0.126. The third-order valence-electron chi connectivity index (χ3n) is 3.33. The zero-order chi connectivity index (χ0) is 17.1. The van der Waals surface area contributed by atoms with Crippen LogP contribution in [0, 0.1) is 0 Å². The number of nitrogens with two attached hydrogens (primary N) is 1. The number of amides is 2. The number of benzene rings is 1. The van der Waals surface area contributed by atoms with E-state index in [1.165, 1.54) is 0 Å². The number of rotatable bonds is 1. The van der Waals surface area contributed by atoms with Crippen LogP contribution in [-0.4, -0.2) is 22.7 Å². The normalized spacial score (nSPS) is 29.3. The minimum absolute atomic E-state index is 0.0546. The van der Waals surface area contributed by atoms with E-state index in [0.29, 0.717) is 12.1 Å². The smallest absolute Gasteiger partial charge is 0.255 e. The molecule has 98 valence electrons. The predicted molar refractivity (Wildman–Crippen MR) is 71.0 cm³/mol. The minimum Gasteiger partial charge on any atom is -0.398 e. The number of piperidine rings is 1. The fraction of sp³-hybridized carbons (Fsp3) is 0.286. The second kappa shape index (κ2) is 4.12. The Morgan fingerprint density at radius 3 is 3.05 bits per heavy atom. The molecular weight excluding hydrogens is 242 g/mol. The first-order valence-electron chi connectivity index (χ1n) is 7.87.